The van der Waals surface area contributed by atoms with Crippen LogP contribution in [0.1, 0.15) is 20.8 Å². The molecule has 0 saturated heterocycles. The summed E-state index contributed by atoms with van der Waals surface area (Å²) in [6, 6.07) is 0. The summed E-state index contributed by atoms with van der Waals surface area (Å²) in [5.41, 5.74) is 0. The fraction of sp³-hybridized carbons (Fsp3) is 0.727. The van der Waals surface area contributed by atoms with Crippen molar-refractivity contribution in [3.63, 3.8) is 0 Å². The number of nitrogens with one attached hydrogen (secondary N) is 2. The van der Waals surface area contributed by atoms with Crippen LogP contribution < -0.4 is 10.6 Å². The average Bonchev–Trinajstić information content (AvgIpc) is 2.21. The molecule has 18 heavy (non-hydrogen) atoms. The predicted octanol–water partition coefficient (Wildman–Crippen LogP) is 1.17. The number of hydrogen-bond acceptors (Lipinski definition) is 3. The SMILES string of the molecule is C=CCNC(=NC)NCCS(=O)(=O)C(C)(C)C.I. The second kappa shape index (κ2) is 8.73. The highest BCUT2D eigenvalue weighted by molar-refractivity contribution is 14.0. The van der Waals surface area contributed by atoms with Gasteiger partial charge in [0.05, 0.1) is 10.5 Å². The molecule has 0 radical (unpaired) electrons. The molecule has 0 saturated carbocycles. The lowest BCUT2D eigenvalue weighted by Crippen LogP contribution is -2.41. The standard InChI is InChI=1S/C11H23N3O2S.HI/c1-6-7-13-10(12-5)14-8-9-17(15,16)11(2,3)4;/h6H,1,7-9H2,2-5H3,(H2,12,13,14);1H. The lowest BCUT2D eigenvalue weighted by molar-refractivity contribution is 0.559. The average molecular weight is 389 g/mol. The van der Waals surface area contributed by atoms with E-state index >= 15 is 0 Å². The van der Waals surface area contributed by atoms with Crippen LogP contribution >= 0.6 is 24.0 Å². The number of nitrogens with zero attached hydrogens (tertiary/aromatic N) is 1. The van der Waals surface area contributed by atoms with E-state index in [1.54, 1.807) is 33.9 Å². The topological polar surface area (TPSA) is 70.6 Å². The van der Waals surface area contributed by atoms with Crippen LogP contribution in [-0.4, -0.2) is 45.0 Å². The van der Waals surface area contributed by atoms with Gasteiger partial charge in [-0.05, 0) is 20.8 Å². The molecule has 0 spiro atoms. The van der Waals surface area contributed by atoms with Crippen molar-refractivity contribution in [2.24, 2.45) is 4.99 Å². The summed E-state index contributed by atoms with van der Waals surface area (Å²) in [5, 5.41) is 5.91. The summed E-state index contributed by atoms with van der Waals surface area (Å²) in [4.78, 5) is 3.96. The molecule has 0 aliphatic rings. The molecule has 0 fully saturated rings. The molecule has 0 bridgehead atoms. The van der Waals surface area contributed by atoms with Crippen molar-refractivity contribution in [2.45, 2.75) is 25.5 Å². The molecule has 0 aromatic rings. The maximum atomic E-state index is 11.8. The molecule has 108 valence electrons. The molecule has 0 atom stereocenters. The lowest BCUT2D eigenvalue weighted by Gasteiger charge is -2.19. The van der Waals surface area contributed by atoms with E-state index in [1.807, 2.05) is 0 Å². The zero-order valence-electron chi connectivity index (χ0n) is 11.5. The number of rotatable bonds is 5. The maximum Gasteiger partial charge on any atom is 0.191 e. The zero-order chi connectivity index (χ0) is 13.5. The summed E-state index contributed by atoms with van der Waals surface area (Å²) in [7, 11) is -1.45. The van der Waals surface area contributed by atoms with Crippen molar-refractivity contribution in [1.29, 1.82) is 0 Å². The highest BCUT2D eigenvalue weighted by Gasteiger charge is 2.28. The first-order valence-electron chi connectivity index (χ1n) is 5.52. The van der Waals surface area contributed by atoms with E-state index in [0.717, 1.165) is 0 Å². The van der Waals surface area contributed by atoms with Crippen LogP contribution in [0, 0.1) is 0 Å². The smallest absolute Gasteiger partial charge is 0.191 e. The Hall–Kier alpha value is -0.310. The maximum absolute atomic E-state index is 11.8. The Bertz CT molecular complexity index is 372. The van der Waals surface area contributed by atoms with Gasteiger partial charge in [-0.1, -0.05) is 6.08 Å². The van der Waals surface area contributed by atoms with Gasteiger partial charge in [0.1, 0.15) is 0 Å². The number of halogens is 1. The molecule has 0 aliphatic heterocycles. The third kappa shape index (κ3) is 7.20. The molecule has 2 N–H and O–H groups in total. The van der Waals surface area contributed by atoms with Crippen molar-refractivity contribution in [1.82, 2.24) is 10.6 Å². The second-order valence-corrected chi connectivity index (χ2v) is 7.46. The van der Waals surface area contributed by atoms with Crippen LogP contribution in [0.3, 0.4) is 0 Å². The molecule has 0 unspecified atom stereocenters. The number of hydrogen-bond donors (Lipinski definition) is 2. The van der Waals surface area contributed by atoms with Gasteiger partial charge in [0.15, 0.2) is 15.8 Å². The van der Waals surface area contributed by atoms with Gasteiger partial charge in [-0.3, -0.25) is 4.99 Å². The minimum atomic E-state index is -3.09. The van der Waals surface area contributed by atoms with E-state index in [1.165, 1.54) is 0 Å². The normalized spacial score (nSPS) is 12.6. The molecule has 7 heteroatoms. The quantitative estimate of drug-likeness (QED) is 0.321. The van der Waals surface area contributed by atoms with Crippen LogP contribution in [0.2, 0.25) is 0 Å². The Morgan fingerprint density at radius 2 is 1.89 bits per heavy atom. The summed E-state index contributed by atoms with van der Waals surface area (Å²) in [6.45, 7) is 9.61. The third-order valence-electron chi connectivity index (χ3n) is 2.23. The van der Waals surface area contributed by atoms with Crippen LogP contribution in [0.4, 0.5) is 0 Å². The van der Waals surface area contributed by atoms with Crippen LogP contribution in [0.25, 0.3) is 0 Å². The molecular weight excluding hydrogens is 365 g/mol. The van der Waals surface area contributed by atoms with E-state index in [2.05, 4.69) is 22.2 Å². The van der Waals surface area contributed by atoms with E-state index in [0.29, 0.717) is 19.0 Å². The molecule has 0 amide bonds. The van der Waals surface area contributed by atoms with Gasteiger partial charge in [0.25, 0.3) is 0 Å². The number of guanidine groups is 1. The van der Waals surface area contributed by atoms with Crippen LogP contribution in [-0.2, 0) is 9.84 Å². The number of aliphatic imine (C=N–C) groups is 1. The van der Waals surface area contributed by atoms with Gasteiger partial charge in [0.2, 0.25) is 0 Å². The largest absolute Gasteiger partial charge is 0.355 e. The molecule has 0 aromatic carbocycles. The van der Waals surface area contributed by atoms with Crippen molar-refractivity contribution < 1.29 is 8.42 Å². The summed E-state index contributed by atoms with van der Waals surface area (Å²) < 4.78 is 22.9. The van der Waals surface area contributed by atoms with Gasteiger partial charge in [-0.15, -0.1) is 30.6 Å². The summed E-state index contributed by atoms with van der Waals surface area (Å²) in [5.74, 6) is 0.666. The van der Waals surface area contributed by atoms with E-state index in [-0.39, 0.29) is 29.7 Å². The monoisotopic (exact) mass is 389 g/mol. The molecule has 5 nitrogen and oxygen atoms in total. The molecule has 0 aromatic heterocycles. The Kier molecular flexibility index (Phi) is 9.71. The molecule has 0 rings (SSSR count). The van der Waals surface area contributed by atoms with Crippen molar-refractivity contribution in [3.8, 4) is 0 Å². The first-order valence-corrected chi connectivity index (χ1v) is 7.17. The summed E-state index contributed by atoms with van der Waals surface area (Å²) in [6.07, 6.45) is 1.71. The first-order chi connectivity index (χ1) is 7.74. The van der Waals surface area contributed by atoms with Gasteiger partial charge in [-0.2, -0.15) is 0 Å². The molecular formula is C11H24IN3O2S. The van der Waals surface area contributed by atoms with E-state index < -0.39 is 14.6 Å². The Balaban J connectivity index is 0. The van der Waals surface area contributed by atoms with Gasteiger partial charge in [0, 0.05) is 20.1 Å². The fourth-order valence-electron chi connectivity index (χ4n) is 0.999. The lowest BCUT2D eigenvalue weighted by atomic mass is 10.3. The minimum Gasteiger partial charge on any atom is -0.355 e. The molecule has 0 aliphatic carbocycles. The summed E-state index contributed by atoms with van der Waals surface area (Å²) >= 11 is 0. The first kappa shape index (κ1) is 20.0. The minimum absolute atomic E-state index is 0. The van der Waals surface area contributed by atoms with Crippen LogP contribution in [0.5, 0.6) is 0 Å². The number of sulfone groups is 1. The van der Waals surface area contributed by atoms with Crippen molar-refractivity contribution in [3.05, 3.63) is 12.7 Å². The van der Waals surface area contributed by atoms with Crippen molar-refractivity contribution >= 4 is 39.8 Å². The highest BCUT2D eigenvalue weighted by Crippen LogP contribution is 2.14. The van der Waals surface area contributed by atoms with E-state index in [9.17, 15) is 8.42 Å². The van der Waals surface area contributed by atoms with E-state index in [4.69, 9.17) is 0 Å². The predicted molar refractivity (Wildman–Crippen MR) is 88.5 cm³/mol. The second-order valence-electron chi connectivity index (χ2n) is 4.60. The molecule has 0 heterocycles. The fourth-order valence-corrected chi connectivity index (χ4v) is 1.98. The van der Waals surface area contributed by atoms with Gasteiger partial charge < -0.3 is 10.6 Å². The van der Waals surface area contributed by atoms with Gasteiger partial charge in [-0.25, -0.2) is 8.42 Å². The Morgan fingerprint density at radius 3 is 2.28 bits per heavy atom. The van der Waals surface area contributed by atoms with Gasteiger partial charge >= 0.3 is 0 Å². The highest BCUT2D eigenvalue weighted by atomic mass is 127. The Labute approximate surface area is 127 Å². The third-order valence-corrected chi connectivity index (χ3v) is 4.84. The zero-order valence-corrected chi connectivity index (χ0v) is 14.6. The van der Waals surface area contributed by atoms with Crippen LogP contribution in [0.15, 0.2) is 17.6 Å². The van der Waals surface area contributed by atoms with Crippen molar-refractivity contribution in [2.75, 3.05) is 25.9 Å². The Morgan fingerprint density at radius 1 is 1.33 bits per heavy atom.